The first-order valence-corrected chi connectivity index (χ1v) is 8.09. The first-order valence-electron chi connectivity index (χ1n) is 8.09. The minimum atomic E-state index is -0.475. The highest BCUT2D eigenvalue weighted by molar-refractivity contribution is 5.96. The number of rotatable bonds is 7. The number of ketones is 1. The van der Waals surface area contributed by atoms with Gasteiger partial charge in [-0.25, -0.2) is 4.79 Å². The van der Waals surface area contributed by atoms with E-state index in [4.69, 9.17) is 13.9 Å². The smallest absolute Gasteiger partial charge is 0.420 e. The van der Waals surface area contributed by atoms with Crippen molar-refractivity contribution in [3.63, 3.8) is 0 Å². The third-order valence-corrected chi connectivity index (χ3v) is 3.80. The molecule has 0 saturated heterocycles. The second-order valence-electron chi connectivity index (χ2n) is 5.49. The van der Waals surface area contributed by atoms with E-state index in [1.165, 1.54) is 11.5 Å². The molecular formula is C19H19NO5. The van der Waals surface area contributed by atoms with Crippen LogP contribution in [-0.2, 0) is 6.54 Å². The molecule has 0 amide bonds. The molecule has 3 rings (SSSR count). The summed E-state index contributed by atoms with van der Waals surface area (Å²) in [5.74, 6) is 0.745. The minimum absolute atomic E-state index is 0.0758. The quantitative estimate of drug-likeness (QED) is 0.617. The van der Waals surface area contributed by atoms with Gasteiger partial charge in [-0.1, -0.05) is 12.1 Å². The van der Waals surface area contributed by atoms with Crippen molar-refractivity contribution in [1.29, 1.82) is 0 Å². The third kappa shape index (κ3) is 3.57. The monoisotopic (exact) mass is 341 g/mol. The van der Waals surface area contributed by atoms with E-state index in [9.17, 15) is 9.59 Å². The number of Topliss-reactive ketones (excluding diaryl/α,β-unsaturated/α-hetero) is 1. The van der Waals surface area contributed by atoms with Crippen molar-refractivity contribution in [1.82, 2.24) is 4.57 Å². The van der Waals surface area contributed by atoms with E-state index in [0.29, 0.717) is 41.3 Å². The predicted molar refractivity (Wildman–Crippen MR) is 93.6 cm³/mol. The average Bonchev–Trinajstić information content (AvgIpc) is 2.91. The minimum Gasteiger partial charge on any atom is -0.490 e. The largest absolute Gasteiger partial charge is 0.490 e. The van der Waals surface area contributed by atoms with Crippen molar-refractivity contribution < 1.29 is 18.7 Å². The topological polar surface area (TPSA) is 70.7 Å². The fraction of sp³-hybridized carbons (Fsp3) is 0.263. The Kier molecular flexibility index (Phi) is 4.88. The molecule has 0 unspecified atom stereocenters. The van der Waals surface area contributed by atoms with Gasteiger partial charge in [-0.2, -0.15) is 0 Å². The van der Waals surface area contributed by atoms with Crippen LogP contribution in [0.5, 0.6) is 11.5 Å². The third-order valence-electron chi connectivity index (χ3n) is 3.80. The van der Waals surface area contributed by atoms with E-state index < -0.39 is 5.76 Å². The van der Waals surface area contributed by atoms with Crippen LogP contribution in [0.25, 0.3) is 11.1 Å². The first kappa shape index (κ1) is 16.8. The summed E-state index contributed by atoms with van der Waals surface area (Å²) in [7, 11) is 0. The Morgan fingerprint density at radius 2 is 1.84 bits per heavy atom. The Bertz CT molecular complexity index is 954. The highest BCUT2D eigenvalue weighted by atomic mass is 16.5. The Hall–Kier alpha value is -3.02. The molecule has 0 saturated carbocycles. The molecule has 6 nitrogen and oxygen atoms in total. The molecule has 1 heterocycles. The molecule has 0 bridgehead atoms. The van der Waals surface area contributed by atoms with Gasteiger partial charge in [0.1, 0.15) is 6.61 Å². The van der Waals surface area contributed by atoms with Gasteiger partial charge >= 0.3 is 5.76 Å². The zero-order valence-corrected chi connectivity index (χ0v) is 14.2. The van der Waals surface area contributed by atoms with E-state index in [1.807, 2.05) is 31.2 Å². The van der Waals surface area contributed by atoms with E-state index in [-0.39, 0.29) is 12.4 Å². The van der Waals surface area contributed by atoms with Crippen molar-refractivity contribution in [2.75, 3.05) is 13.2 Å². The van der Waals surface area contributed by atoms with E-state index >= 15 is 0 Å². The normalized spacial score (nSPS) is 10.8. The molecule has 0 fully saturated rings. The van der Waals surface area contributed by atoms with Crippen LogP contribution in [0.2, 0.25) is 0 Å². The lowest BCUT2D eigenvalue weighted by molar-refractivity contribution is 0.101. The van der Waals surface area contributed by atoms with Gasteiger partial charge in [-0.3, -0.25) is 9.36 Å². The number of hydrogen-bond acceptors (Lipinski definition) is 5. The van der Waals surface area contributed by atoms with Crippen molar-refractivity contribution in [3.8, 4) is 11.5 Å². The van der Waals surface area contributed by atoms with Crippen LogP contribution in [-0.4, -0.2) is 23.6 Å². The number of nitrogens with zero attached hydrogens (tertiary/aromatic N) is 1. The van der Waals surface area contributed by atoms with Gasteiger partial charge in [0.25, 0.3) is 0 Å². The van der Waals surface area contributed by atoms with Gasteiger partial charge < -0.3 is 13.9 Å². The van der Waals surface area contributed by atoms with Crippen LogP contribution in [0, 0.1) is 0 Å². The summed E-state index contributed by atoms with van der Waals surface area (Å²) in [6, 6.07) is 12.4. The van der Waals surface area contributed by atoms with Gasteiger partial charge in [0.05, 0.1) is 18.7 Å². The lowest BCUT2D eigenvalue weighted by Crippen LogP contribution is -2.18. The summed E-state index contributed by atoms with van der Waals surface area (Å²) in [6.45, 7) is 4.53. The summed E-state index contributed by atoms with van der Waals surface area (Å²) < 4.78 is 18.0. The second kappa shape index (κ2) is 7.25. The van der Waals surface area contributed by atoms with Gasteiger partial charge in [0.2, 0.25) is 0 Å². The number of ether oxygens (including phenoxy) is 2. The SMILES string of the molecule is CCOc1ccccc1OCCn1c(=O)oc2cc(C(C)=O)ccc21. The molecule has 0 atom stereocenters. The van der Waals surface area contributed by atoms with Gasteiger partial charge in [-0.15, -0.1) is 0 Å². The van der Waals surface area contributed by atoms with E-state index in [0.717, 1.165) is 0 Å². The maximum atomic E-state index is 12.1. The number of carbonyl (C=O) groups excluding carboxylic acids is 1. The van der Waals surface area contributed by atoms with E-state index in [2.05, 4.69) is 0 Å². The number of benzene rings is 2. The van der Waals surface area contributed by atoms with Gasteiger partial charge in [0.15, 0.2) is 22.9 Å². The maximum absolute atomic E-state index is 12.1. The second-order valence-corrected chi connectivity index (χ2v) is 5.49. The fourth-order valence-electron chi connectivity index (χ4n) is 2.59. The molecule has 3 aromatic rings. The van der Waals surface area contributed by atoms with Crippen molar-refractivity contribution in [3.05, 3.63) is 58.6 Å². The molecule has 25 heavy (non-hydrogen) atoms. The highest BCUT2D eigenvalue weighted by Crippen LogP contribution is 2.26. The maximum Gasteiger partial charge on any atom is 0.420 e. The molecule has 0 aliphatic carbocycles. The zero-order valence-electron chi connectivity index (χ0n) is 14.2. The lowest BCUT2D eigenvalue weighted by Gasteiger charge is -2.11. The number of aromatic nitrogens is 1. The molecule has 1 aromatic heterocycles. The summed E-state index contributed by atoms with van der Waals surface area (Å²) in [5, 5.41) is 0. The summed E-state index contributed by atoms with van der Waals surface area (Å²) in [5.41, 5.74) is 1.54. The molecule has 6 heteroatoms. The number of oxazole rings is 1. The van der Waals surface area contributed by atoms with E-state index in [1.54, 1.807) is 18.2 Å². The molecule has 0 N–H and O–H groups in total. The molecule has 0 radical (unpaired) electrons. The number of carbonyl (C=O) groups is 1. The van der Waals surface area contributed by atoms with Crippen LogP contribution in [0.15, 0.2) is 51.7 Å². The summed E-state index contributed by atoms with van der Waals surface area (Å²) >= 11 is 0. The molecule has 2 aromatic carbocycles. The number of fused-ring (bicyclic) bond motifs is 1. The zero-order chi connectivity index (χ0) is 17.8. The Labute approximate surface area is 144 Å². The summed E-state index contributed by atoms with van der Waals surface area (Å²) in [6.07, 6.45) is 0. The number of hydrogen-bond donors (Lipinski definition) is 0. The van der Waals surface area contributed by atoms with Gasteiger partial charge in [-0.05, 0) is 44.2 Å². The fourth-order valence-corrected chi connectivity index (χ4v) is 2.59. The molecule has 0 spiro atoms. The lowest BCUT2D eigenvalue weighted by atomic mass is 10.1. The Morgan fingerprint density at radius 1 is 1.12 bits per heavy atom. The molecule has 0 aliphatic rings. The first-order chi connectivity index (χ1) is 12.1. The predicted octanol–water partition coefficient (Wildman–Crippen LogP) is 3.27. The Morgan fingerprint density at radius 3 is 2.52 bits per heavy atom. The van der Waals surface area contributed by atoms with Crippen LogP contribution >= 0.6 is 0 Å². The van der Waals surface area contributed by atoms with Crippen molar-refractivity contribution >= 4 is 16.9 Å². The van der Waals surface area contributed by atoms with Gasteiger partial charge in [0, 0.05) is 5.56 Å². The molecular weight excluding hydrogens is 322 g/mol. The van der Waals surface area contributed by atoms with Crippen LogP contribution in [0.3, 0.4) is 0 Å². The average molecular weight is 341 g/mol. The highest BCUT2D eigenvalue weighted by Gasteiger charge is 2.12. The Balaban J connectivity index is 1.77. The van der Waals surface area contributed by atoms with Crippen LogP contribution < -0.4 is 15.2 Å². The molecule has 130 valence electrons. The standard InChI is InChI=1S/C19H19NO5/c1-3-23-16-6-4-5-7-17(16)24-11-10-20-15-9-8-14(13(2)21)12-18(15)25-19(20)22/h4-9,12H,3,10-11H2,1-2H3. The number of para-hydroxylation sites is 2. The summed E-state index contributed by atoms with van der Waals surface area (Å²) in [4.78, 5) is 23.5. The van der Waals surface area contributed by atoms with Crippen LogP contribution in [0.1, 0.15) is 24.2 Å². The van der Waals surface area contributed by atoms with Crippen molar-refractivity contribution in [2.45, 2.75) is 20.4 Å². The van der Waals surface area contributed by atoms with Crippen molar-refractivity contribution in [2.24, 2.45) is 0 Å². The van der Waals surface area contributed by atoms with Crippen LogP contribution in [0.4, 0.5) is 0 Å². The molecule has 0 aliphatic heterocycles.